The van der Waals surface area contributed by atoms with Crippen LogP contribution < -0.4 is 5.32 Å². The quantitative estimate of drug-likeness (QED) is 0.771. The first-order valence-electron chi connectivity index (χ1n) is 7.08. The maximum Gasteiger partial charge on any atom is 0.240 e. The number of rotatable bonds is 6. The molecule has 0 aromatic carbocycles. The Morgan fingerprint density at radius 3 is 2.42 bits per heavy atom. The maximum absolute atomic E-state index is 12.5. The van der Waals surface area contributed by atoms with Gasteiger partial charge in [0.2, 0.25) is 5.91 Å². The largest absolute Gasteiger partial charge is 0.396 e. The molecule has 2 N–H and O–H groups in total. The second-order valence-electron chi connectivity index (χ2n) is 6.36. The van der Waals surface area contributed by atoms with Gasteiger partial charge in [-0.1, -0.05) is 27.7 Å². The van der Waals surface area contributed by atoms with Crippen molar-refractivity contribution in [2.75, 3.05) is 37.7 Å². The van der Waals surface area contributed by atoms with Gasteiger partial charge in [-0.05, 0) is 5.92 Å². The third-order valence-corrected chi connectivity index (χ3v) is 4.43. The van der Waals surface area contributed by atoms with Gasteiger partial charge in [-0.15, -0.1) is 0 Å². The van der Waals surface area contributed by atoms with Gasteiger partial charge in [0, 0.05) is 43.2 Å². The zero-order valence-corrected chi connectivity index (χ0v) is 13.4. The highest BCUT2D eigenvalue weighted by atomic mass is 32.2. The molecule has 1 aliphatic heterocycles. The van der Waals surface area contributed by atoms with Gasteiger partial charge in [0.1, 0.15) is 0 Å². The van der Waals surface area contributed by atoms with E-state index in [4.69, 9.17) is 0 Å². The Balaban J connectivity index is 2.58. The third-order valence-electron chi connectivity index (χ3n) is 3.48. The number of nitrogens with one attached hydrogen (secondary N) is 1. The number of thioether (sulfide) groups is 1. The van der Waals surface area contributed by atoms with E-state index in [1.165, 1.54) is 0 Å². The summed E-state index contributed by atoms with van der Waals surface area (Å²) in [6.07, 6.45) is 0. The van der Waals surface area contributed by atoms with Gasteiger partial charge in [0.25, 0.3) is 0 Å². The van der Waals surface area contributed by atoms with Gasteiger partial charge >= 0.3 is 0 Å². The van der Waals surface area contributed by atoms with Crippen molar-refractivity contribution in [1.29, 1.82) is 0 Å². The lowest BCUT2D eigenvalue weighted by molar-refractivity contribution is -0.134. The van der Waals surface area contributed by atoms with Gasteiger partial charge in [0.15, 0.2) is 0 Å². The van der Waals surface area contributed by atoms with Crippen LogP contribution in [-0.2, 0) is 4.79 Å². The molecule has 1 rings (SSSR count). The standard InChI is InChI=1S/C14H28N2O2S/c1-11(2)12(15-9-14(3,4)10-17)13(18)16-5-7-19-8-6-16/h11-12,15,17H,5-10H2,1-4H3/t12-/m0/s1. The summed E-state index contributed by atoms with van der Waals surface area (Å²) in [5.74, 6) is 2.55. The number of nitrogens with zero attached hydrogens (tertiary/aromatic N) is 1. The van der Waals surface area contributed by atoms with Crippen molar-refractivity contribution in [3.8, 4) is 0 Å². The second-order valence-corrected chi connectivity index (χ2v) is 7.59. The summed E-state index contributed by atoms with van der Waals surface area (Å²) in [4.78, 5) is 14.5. The number of amides is 1. The first kappa shape index (κ1) is 16.8. The van der Waals surface area contributed by atoms with Crippen molar-refractivity contribution in [3.05, 3.63) is 0 Å². The minimum absolute atomic E-state index is 0.124. The fourth-order valence-electron chi connectivity index (χ4n) is 2.03. The van der Waals surface area contributed by atoms with Crippen molar-refractivity contribution in [3.63, 3.8) is 0 Å². The predicted octanol–water partition coefficient (Wildman–Crippen LogP) is 1.19. The monoisotopic (exact) mass is 288 g/mol. The van der Waals surface area contributed by atoms with E-state index in [9.17, 15) is 9.90 Å². The van der Waals surface area contributed by atoms with Crippen LogP contribution in [0, 0.1) is 11.3 Å². The van der Waals surface area contributed by atoms with Crippen LogP contribution in [0.4, 0.5) is 0 Å². The lowest BCUT2D eigenvalue weighted by atomic mass is 9.93. The second kappa shape index (κ2) is 7.50. The van der Waals surface area contributed by atoms with Crippen LogP contribution in [0.2, 0.25) is 0 Å². The van der Waals surface area contributed by atoms with Crippen LogP contribution in [-0.4, -0.2) is 59.7 Å². The lowest BCUT2D eigenvalue weighted by Gasteiger charge is -2.34. The molecule has 0 saturated carbocycles. The minimum atomic E-state index is -0.189. The smallest absolute Gasteiger partial charge is 0.240 e. The first-order chi connectivity index (χ1) is 8.87. The number of hydrogen-bond donors (Lipinski definition) is 2. The molecular weight excluding hydrogens is 260 g/mol. The van der Waals surface area contributed by atoms with Crippen LogP contribution >= 0.6 is 11.8 Å². The third kappa shape index (κ3) is 5.32. The van der Waals surface area contributed by atoms with Crippen molar-refractivity contribution in [1.82, 2.24) is 10.2 Å². The van der Waals surface area contributed by atoms with Crippen molar-refractivity contribution in [2.24, 2.45) is 11.3 Å². The van der Waals surface area contributed by atoms with E-state index < -0.39 is 0 Å². The highest BCUT2D eigenvalue weighted by molar-refractivity contribution is 7.99. The summed E-state index contributed by atoms with van der Waals surface area (Å²) in [6.45, 7) is 10.6. The van der Waals surface area contributed by atoms with Gasteiger partial charge in [-0.3, -0.25) is 4.79 Å². The molecule has 0 aromatic rings. The average molecular weight is 288 g/mol. The average Bonchev–Trinajstić information content (AvgIpc) is 2.39. The van der Waals surface area contributed by atoms with E-state index >= 15 is 0 Å². The van der Waals surface area contributed by atoms with Crippen LogP contribution in [0.15, 0.2) is 0 Å². The highest BCUT2D eigenvalue weighted by Gasteiger charge is 2.29. The summed E-state index contributed by atoms with van der Waals surface area (Å²) in [5, 5.41) is 12.6. The van der Waals surface area contributed by atoms with Crippen LogP contribution in [0.25, 0.3) is 0 Å². The van der Waals surface area contributed by atoms with Gasteiger partial charge in [0.05, 0.1) is 6.04 Å². The molecule has 0 bridgehead atoms. The zero-order chi connectivity index (χ0) is 14.5. The fourth-order valence-corrected chi connectivity index (χ4v) is 2.93. The molecule has 19 heavy (non-hydrogen) atoms. The number of aliphatic hydroxyl groups excluding tert-OH is 1. The Kier molecular flexibility index (Phi) is 6.63. The summed E-state index contributed by atoms with van der Waals surface area (Å²) in [5.41, 5.74) is -0.189. The van der Waals surface area contributed by atoms with E-state index in [2.05, 4.69) is 19.2 Å². The molecule has 4 nitrogen and oxygen atoms in total. The summed E-state index contributed by atoms with van der Waals surface area (Å²) >= 11 is 1.91. The molecular formula is C14H28N2O2S. The molecule has 0 aromatic heterocycles. The Bertz CT molecular complexity index is 289. The number of carbonyl (C=O) groups excluding carboxylic acids is 1. The molecule has 0 radical (unpaired) electrons. The van der Waals surface area contributed by atoms with Gasteiger partial charge in [-0.2, -0.15) is 11.8 Å². The van der Waals surface area contributed by atoms with Gasteiger partial charge in [-0.25, -0.2) is 0 Å². The van der Waals surface area contributed by atoms with E-state index in [0.717, 1.165) is 24.6 Å². The summed E-state index contributed by atoms with van der Waals surface area (Å²) in [7, 11) is 0. The summed E-state index contributed by atoms with van der Waals surface area (Å²) in [6, 6.07) is -0.145. The molecule has 0 spiro atoms. The Morgan fingerprint density at radius 1 is 1.37 bits per heavy atom. The van der Waals surface area contributed by atoms with Crippen molar-refractivity contribution >= 4 is 17.7 Å². The highest BCUT2D eigenvalue weighted by Crippen LogP contribution is 2.16. The fraction of sp³-hybridized carbons (Fsp3) is 0.929. The molecule has 0 unspecified atom stereocenters. The van der Waals surface area contributed by atoms with Crippen molar-refractivity contribution in [2.45, 2.75) is 33.7 Å². The van der Waals surface area contributed by atoms with Crippen LogP contribution in [0.3, 0.4) is 0 Å². The van der Waals surface area contributed by atoms with Crippen molar-refractivity contribution < 1.29 is 9.90 Å². The van der Waals surface area contributed by atoms with Crippen LogP contribution in [0.5, 0.6) is 0 Å². The Hall–Kier alpha value is -0.260. The molecule has 112 valence electrons. The molecule has 1 heterocycles. The molecule has 1 amide bonds. The topological polar surface area (TPSA) is 52.6 Å². The Labute approximate surface area is 121 Å². The Morgan fingerprint density at radius 2 is 1.95 bits per heavy atom. The van der Waals surface area contributed by atoms with Gasteiger partial charge < -0.3 is 15.3 Å². The lowest BCUT2D eigenvalue weighted by Crippen LogP contribution is -2.53. The minimum Gasteiger partial charge on any atom is -0.396 e. The van der Waals surface area contributed by atoms with Crippen LogP contribution in [0.1, 0.15) is 27.7 Å². The van der Waals surface area contributed by atoms with E-state index in [-0.39, 0.29) is 29.9 Å². The molecule has 1 fully saturated rings. The molecule has 1 atom stereocenters. The first-order valence-corrected chi connectivity index (χ1v) is 8.23. The molecule has 1 aliphatic rings. The molecule has 1 saturated heterocycles. The summed E-state index contributed by atoms with van der Waals surface area (Å²) < 4.78 is 0. The molecule has 5 heteroatoms. The SMILES string of the molecule is CC(C)[C@H](NCC(C)(C)CO)C(=O)N1CCSCC1. The van der Waals surface area contributed by atoms with E-state index in [1.54, 1.807) is 0 Å². The van der Waals surface area contributed by atoms with E-state index in [0.29, 0.717) is 6.54 Å². The number of carbonyl (C=O) groups is 1. The zero-order valence-electron chi connectivity index (χ0n) is 12.6. The molecule has 0 aliphatic carbocycles. The number of hydrogen-bond acceptors (Lipinski definition) is 4. The maximum atomic E-state index is 12.5. The number of aliphatic hydroxyl groups is 1. The normalized spacial score (nSPS) is 18.7. The predicted molar refractivity (Wildman–Crippen MR) is 81.4 cm³/mol. The van der Waals surface area contributed by atoms with E-state index in [1.807, 2.05) is 30.5 Å².